The molecule has 0 saturated carbocycles. The summed E-state index contributed by atoms with van der Waals surface area (Å²) in [5.74, 6) is 0.00268. The number of hydrogen-bond donors (Lipinski definition) is 0. The highest BCUT2D eigenvalue weighted by Gasteiger charge is 2.26. The maximum absolute atomic E-state index is 12.7. The van der Waals surface area contributed by atoms with Crippen molar-refractivity contribution in [2.75, 3.05) is 39.8 Å². The van der Waals surface area contributed by atoms with Crippen molar-refractivity contribution < 1.29 is 19.1 Å². The van der Waals surface area contributed by atoms with E-state index in [0.717, 1.165) is 56.7 Å². The van der Waals surface area contributed by atoms with E-state index < -0.39 is 0 Å². The van der Waals surface area contributed by atoms with E-state index in [4.69, 9.17) is 21.1 Å². The van der Waals surface area contributed by atoms with Crippen LogP contribution in [0.4, 0.5) is 0 Å². The van der Waals surface area contributed by atoms with E-state index >= 15 is 0 Å². The van der Waals surface area contributed by atoms with E-state index in [9.17, 15) is 9.59 Å². The average Bonchev–Trinajstić information content (AvgIpc) is 2.87. The van der Waals surface area contributed by atoms with E-state index in [1.54, 1.807) is 12.1 Å². The number of hydrogen-bond acceptors (Lipinski definition) is 5. The van der Waals surface area contributed by atoms with Crippen LogP contribution >= 0.6 is 11.6 Å². The Balaban J connectivity index is 1.61. The largest absolute Gasteiger partial charge is 0.465 e. The first-order valence-electron chi connectivity index (χ1n) is 12.0. The predicted molar refractivity (Wildman–Crippen MR) is 134 cm³/mol. The molecule has 0 bridgehead atoms. The molecule has 184 valence electrons. The number of rotatable bonds is 10. The lowest BCUT2D eigenvalue weighted by Gasteiger charge is -2.37. The van der Waals surface area contributed by atoms with Gasteiger partial charge in [-0.15, -0.1) is 0 Å². The maximum Gasteiger partial charge on any atom is 0.337 e. The van der Waals surface area contributed by atoms with Gasteiger partial charge in [0.25, 0.3) is 0 Å². The Morgan fingerprint density at radius 1 is 1.00 bits per heavy atom. The van der Waals surface area contributed by atoms with E-state index in [1.165, 1.54) is 7.11 Å². The number of piperazine rings is 1. The summed E-state index contributed by atoms with van der Waals surface area (Å²) < 4.78 is 11.1. The third-order valence-corrected chi connectivity index (χ3v) is 6.57. The number of halogens is 1. The first kappa shape index (κ1) is 26.2. The first-order valence-corrected chi connectivity index (χ1v) is 12.3. The van der Waals surface area contributed by atoms with Crippen molar-refractivity contribution in [3.63, 3.8) is 0 Å². The van der Waals surface area contributed by atoms with E-state index in [0.29, 0.717) is 17.2 Å². The lowest BCUT2D eigenvalue weighted by atomic mass is 10.0. The van der Waals surface area contributed by atoms with Crippen LogP contribution in [-0.2, 0) is 20.9 Å². The molecule has 2 aromatic rings. The van der Waals surface area contributed by atoms with Gasteiger partial charge in [-0.05, 0) is 41.8 Å². The van der Waals surface area contributed by atoms with Crippen LogP contribution in [0.15, 0.2) is 48.5 Å². The molecule has 0 aromatic heterocycles. The summed E-state index contributed by atoms with van der Waals surface area (Å²) in [5.41, 5.74) is 2.55. The second-order valence-corrected chi connectivity index (χ2v) is 9.29. The molecule has 0 N–H and O–H groups in total. The average molecular weight is 487 g/mol. The zero-order valence-corrected chi connectivity index (χ0v) is 21.1. The molecule has 1 saturated heterocycles. The van der Waals surface area contributed by atoms with Gasteiger partial charge in [-0.3, -0.25) is 9.69 Å². The second kappa shape index (κ2) is 12.9. The van der Waals surface area contributed by atoms with Crippen LogP contribution in [0.3, 0.4) is 0 Å². The SMILES string of the molecule is CCC[C@H](C)C(=O)N1CCN(C[C@H](OCc2ccc(C(=O)OC)cc2)c2ccc(Cl)cc2)CC1. The number of amides is 1. The topological polar surface area (TPSA) is 59.1 Å². The molecule has 2 aromatic carbocycles. The zero-order chi connectivity index (χ0) is 24.5. The van der Waals surface area contributed by atoms with Crippen LogP contribution in [0.25, 0.3) is 0 Å². The summed E-state index contributed by atoms with van der Waals surface area (Å²) in [7, 11) is 1.37. The van der Waals surface area contributed by atoms with Crippen molar-refractivity contribution >= 4 is 23.5 Å². The Labute approximate surface area is 207 Å². The minimum absolute atomic E-state index is 0.0901. The van der Waals surface area contributed by atoms with Gasteiger partial charge in [-0.2, -0.15) is 0 Å². The van der Waals surface area contributed by atoms with Gasteiger partial charge in [-0.1, -0.05) is 56.1 Å². The van der Waals surface area contributed by atoms with Crippen molar-refractivity contribution in [3.05, 3.63) is 70.2 Å². The predicted octanol–water partition coefficient (Wildman–Crippen LogP) is 4.96. The fourth-order valence-corrected chi connectivity index (χ4v) is 4.36. The quantitative estimate of drug-likeness (QED) is 0.444. The van der Waals surface area contributed by atoms with Crippen molar-refractivity contribution in [1.29, 1.82) is 0 Å². The lowest BCUT2D eigenvalue weighted by Crippen LogP contribution is -2.50. The number of carbonyl (C=O) groups is 2. The monoisotopic (exact) mass is 486 g/mol. The number of benzene rings is 2. The number of esters is 1. The van der Waals surface area contributed by atoms with Crippen LogP contribution in [0.5, 0.6) is 0 Å². The van der Waals surface area contributed by atoms with Crippen molar-refractivity contribution in [3.8, 4) is 0 Å². The molecule has 1 heterocycles. The van der Waals surface area contributed by atoms with Crippen molar-refractivity contribution in [1.82, 2.24) is 9.80 Å². The molecule has 3 rings (SSSR count). The standard InChI is InChI=1S/C27H35ClN2O4/c1-4-5-20(2)26(31)30-16-14-29(15-17-30)18-25(22-10-12-24(28)13-11-22)34-19-21-6-8-23(9-7-21)27(32)33-3/h6-13,20,25H,4-5,14-19H2,1-3H3/t20-,25-/m0/s1. The molecule has 2 atom stereocenters. The molecular formula is C27H35ClN2O4. The Morgan fingerprint density at radius 2 is 1.65 bits per heavy atom. The van der Waals surface area contributed by atoms with Crippen LogP contribution in [0.2, 0.25) is 5.02 Å². The zero-order valence-electron chi connectivity index (χ0n) is 20.3. The van der Waals surface area contributed by atoms with Crippen LogP contribution in [0.1, 0.15) is 54.3 Å². The highest BCUT2D eigenvalue weighted by atomic mass is 35.5. The summed E-state index contributed by atoms with van der Waals surface area (Å²) in [6.45, 7) is 8.44. The molecule has 0 aliphatic carbocycles. The molecule has 0 radical (unpaired) electrons. The van der Waals surface area contributed by atoms with Gasteiger partial charge in [0, 0.05) is 43.7 Å². The highest BCUT2D eigenvalue weighted by molar-refractivity contribution is 6.30. The fourth-order valence-electron chi connectivity index (χ4n) is 4.24. The number of nitrogens with zero attached hydrogens (tertiary/aromatic N) is 2. The highest BCUT2D eigenvalue weighted by Crippen LogP contribution is 2.24. The Kier molecular flexibility index (Phi) is 9.93. The molecule has 1 aliphatic rings. The first-order chi connectivity index (χ1) is 16.4. The van der Waals surface area contributed by atoms with Gasteiger partial charge >= 0.3 is 5.97 Å². The summed E-state index contributed by atoms with van der Waals surface area (Å²) >= 11 is 6.10. The number of methoxy groups -OCH3 is 1. The summed E-state index contributed by atoms with van der Waals surface area (Å²) in [6, 6.07) is 15.0. The maximum atomic E-state index is 12.7. The molecule has 1 aliphatic heterocycles. The van der Waals surface area contributed by atoms with Crippen LogP contribution in [-0.4, -0.2) is 61.5 Å². The van der Waals surface area contributed by atoms with Crippen molar-refractivity contribution in [2.24, 2.45) is 5.92 Å². The molecule has 1 fully saturated rings. The third-order valence-electron chi connectivity index (χ3n) is 6.32. The summed E-state index contributed by atoms with van der Waals surface area (Å²) in [4.78, 5) is 28.7. The lowest BCUT2D eigenvalue weighted by molar-refractivity contribution is -0.137. The van der Waals surface area contributed by atoms with Gasteiger partial charge in [-0.25, -0.2) is 4.79 Å². The van der Waals surface area contributed by atoms with Gasteiger partial charge in [0.15, 0.2) is 0 Å². The van der Waals surface area contributed by atoms with Crippen LogP contribution < -0.4 is 0 Å². The van der Waals surface area contributed by atoms with Crippen LogP contribution in [0, 0.1) is 5.92 Å². The minimum Gasteiger partial charge on any atom is -0.465 e. The Bertz CT molecular complexity index is 925. The van der Waals surface area contributed by atoms with Gasteiger partial charge in [0.05, 0.1) is 25.4 Å². The molecule has 0 spiro atoms. The summed E-state index contributed by atoms with van der Waals surface area (Å²) in [5, 5.41) is 0.689. The second-order valence-electron chi connectivity index (χ2n) is 8.86. The number of carbonyl (C=O) groups excluding carboxylic acids is 2. The minimum atomic E-state index is -0.353. The Hall–Kier alpha value is -2.41. The summed E-state index contributed by atoms with van der Waals surface area (Å²) in [6.07, 6.45) is 1.82. The van der Waals surface area contributed by atoms with E-state index in [-0.39, 0.29) is 23.9 Å². The molecular weight excluding hydrogens is 452 g/mol. The van der Waals surface area contributed by atoms with Gasteiger partial charge in [0.2, 0.25) is 5.91 Å². The van der Waals surface area contributed by atoms with Crippen molar-refractivity contribution in [2.45, 2.75) is 39.4 Å². The normalized spacial score (nSPS) is 16.2. The van der Waals surface area contributed by atoms with Gasteiger partial charge < -0.3 is 14.4 Å². The molecule has 1 amide bonds. The van der Waals surface area contributed by atoms with E-state index in [2.05, 4.69) is 11.8 Å². The molecule has 34 heavy (non-hydrogen) atoms. The molecule has 0 unspecified atom stereocenters. The Morgan fingerprint density at radius 3 is 2.24 bits per heavy atom. The van der Waals surface area contributed by atoms with E-state index in [1.807, 2.05) is 48.2 Å². The third kappa shape index (κ3) is 7.29. The van der Waals surface area contributed by atoms with Gasteiger partial charge in [0.1, 0.15) is 0 Å². The molecule has 7 heteroatoms. The smallest absolute Gasteiger partial charge is 0.337 e. The fraction of sp³-hybridized carbons (Fsp3) is 0.481. The number of ether oxygens (including phenoxy) is 2. The molecule has 6 nitrogen and oxygen atoms in total.